The zero-order chi connectivity index (χ0) is 8.27. The van der Waals surface area contributed by atoms with Gasteiger partial charge in [-0.05, 0) is 18.1 Å². The highest BCUT2D eigenvalue weighted by Gasteiger charge is 2.01. The Morgan fingerprint density at radius 1 is 1.73 bits per heavy atom. The second-order valence-corrected chi connectivity index (χ2v) is 2.17. The molecule has 1 aromatic heterocycles. The van der Waals surface area contributed by atoms with Crippen molar-refractivity contribution in [3.05, 3.63) is 23.5 Å². The first kappa shape index (κ1) is 7.65. The molecule has 0 unspecified atom stereocenters. The molecule has 2 N–H and O–H groups in total. The summed E-state index contributed by atoms with van der Waals surface area (Å²) in [6.07, 6.45) is 2.45. The molecule has 58 valence electrons. The molecule has 0 aromatic carbocycles. The minimum absolute atomic E-state index is 0.226. The van der Waals surface area contributed by atoms with Crippen LogP contribution in [-0.4, -0.2) is 16.1 Å². The number of hydrogen-bond donors (Lipinski definition) is 1. The minimum atomic E-state index is -0.534. The van der Waals surface area contributed by atoms with Gasteiger partial charge in [0, 0.05) is 0 Å². The molecule has 1 amide bonds. The zero-order valence-electron chi connectivity index (χ0n) is 6.24. The maximum atomic E-state index is 10.6. The third-order valence-electron chi connectivity index (χ3n) is 1.37. The van der Waals surface area contributed by atoms with Crippen LogP contribution in [0.25, 0.3) is 0 Å². The second kappa shape index (κ2) is 3.09. The Morgan fingerprint density at radius 3 is 3.00 bits per heavy atom. The first-order chi connectivity index (χ1) is 5.24. The molecule has 11 heavy (non-hydrogen) atoms. The van der Waals surface area contributed by atoms with Gasteiger partial charge in [0.25, 0.3) is 5.91 Å². The van der Waals surface area contributed by atoms with E-state index in [0.29, 0.717) is 0 Å². The molecular formula is C7H9N3O. The highest BCUT2D eigenvalue weighted by atomic mass is 16.1. The van der Waals surface area contributed by atoms with Gasteiger partial charge in [-0.2, -0.15) is 5.10 Å². The number of nitrogens with zero attached hydrogens (tertiary/aromatic N) is 2. The summed E-state index contributed by atoms with van der Waals surface area (Å²) in [6, 6.07) is 1.65. The molecule has 1 rings (SSSR count). The third-order valence-corrected chi connectivity index (χ3v) is 1.37. The molecule has 4 nitrogen and oxygen atoms in total. The predicted octanol–water partition coefficient (Wildman–Crippen LogP) is 0.138. The van der Waals surface area contributed by atoms with Crippen molar-refractivity contribution in [3.63, 3.8) is 0 Å². The van der Waals surface area contributed by atoms with Gasteiger partial charge in [0.1, 0.15) is 0 Å². The minimum Gasteiger partial charge on any atom is -0.364 e. The lowest BCUT2D eigenvalue weighted by Gasteiger charge is -1.95. The largest absolute Gasteiger partial charge is 0.364 e. The summed E-state index contributed by atoms with van der Waals surface area (Å²) in [5, 5.41) is 7.19. The fourth-order valence-corrected chi connectivity index (χ4v) is 0.721. The number of aromatic nitrogens is 2. The number of amides is 1. The van der Waals surface area contributed by atoms with Crippen LogP contribution in [0.15, 0.2) is 12.3 Å². The first-order valence-corrected chi connectivity index (χ1v) is 3.35. The van der Waals surface area contributed by atoms with Gasteiger partial charge in [-0.3, -0.25) is 4.79 Å². The van der Waals surface area contributed by atoms with Crippen molar-refractivity contribution in [2.24, 2.45) is 5.73 Å². The van der Waals surface area contributed by atoms with E-state index in [1.807, 2.05) is 6.92 Å². The van der Waals surface area contributed by atoms with Crippen molar-refractivity contribution in [1.29, 1.82) is 0 Å². The lowest BCUT2D eigenvalue weighted by atomic mass is 10.2. The Balaban J connectivity index is 3.01. The normalized spacial score (nSPS) is 9.55. The average Bonchev–Trinajstić information content (AvgIpc) is 2.05. The van der Waals surface area contributed by atoms with Crippen LogP contribution in [0.5, 0.6) is 0 Å². The topological polar surface area (TPSA) is 68.9 Å². The van der Waals surface area contributed by atoms with Crippen molar-refractivity contribution >= 4 is 5.91 Å². The second-order valence-electron chi connectivity index (χ2n) is 2.17. The molecule has 0 radical (unpaired) electrons. The van der Waals surface area contributed by atoms with Crippen molar-refractivity contribution in [2.75, 3.05) is 0 Å². The predicted molar refractivity (Wildman–Crippen MR) is 39.9 cm³/mol. The number of primary amides is 1. The number of hydrogen-bond acceptors (Lipinski definition) is 3. The maximum Gasteiger partial charge on any atom is 0.269 e. The Labute approximate surface area is 64.4 Å². The van der Waals surface area contributed by atoms with Gasteiger partial charge in [0.2, 0.25) is 0 Å². The number of carbonyl (C=O) groups is 1. The summed E-state index contributed by atoms with van der Waals surface area (Å²) in [6.45, 7) is 1.97. The van der Waals surface area contributed by atoms with E-state index in [1.165, 1.54) is 0 Å². The van der Waals surface area contributed by atoms with Gasteiger partial charge >= 0.3 is 0 Å². The molecule has 1 heterocycles. The summed E-state index contributed by atoms with van der Waals surface area (Å²) in [5.74, 6) is -0.534. The lowest BCUT2D eigenvalue weighted by Crippen LogP contribution is -2.14. The molecule has 0 bridgehead atoms. The van der Waals surface area contributed by atoms with Crippen LogP contribution >= 0.6 is 0 Å². The smallest absolute Gasteiger partial charge is 0.269 e. The van der Waals surface area contributed by atoms with E-state index in [-0.39, 0.29) is 5.69 Å². The molecule has 0 saturated carbocycles. The molecule has 0 spiro atoms. The van der Waals surface area contributed by atoms with Crippen LogP contribution in [0, 0.1) is 0 Å². The Bertz CT molecular complexity index is 272. The van der Waals surface area contributed by atoms with Crippen LogP contribution in [0.2, 0.25) is 0 Å². The SMILES string of the molecule is CCc1cnnc(C(N)=O)c1. The number of carbonyl (C=O) groups excluding carboxylic acids is 1. The van der Waals surface area contributed by atoms with Gasteiger partial charge in [-0.15, -0.1) is 5.10 Å². The molecule has 0 aliphatic carbocycles. The fraction of sp³-hybridized carbons (Fsp3) is 0.286. The van der Waals surface area contributed by atoms with E-state index < -0.39 is 5.91 Å². The maximum absolute atomic E-state index is 10.6. The summed E-state index contributed by atoms with van der Waals surface area (Å²) < 4.78 is 0. The monoisotopic (exact) mass is 151 g/mol. The molecule has 0 aliphatic rings. The molecule has 0 saturated heterocycles. The van der Waals surface area contributed by atoms with E-state index in [9.17, 15) is 4.79 Å². The van der Waals surface area contributed by atoms with Crippen LogP contribution < -0.4 is 5.73 Å². The number of aryl methyl sites for hydroxylation is 1. The first-order valence-electron chi connectivity index (χ1n) is 3.35. The molecule has 0 atom stereocenters. The van der Waals surface area contributed by atoms with Gasteiger partial charge in [-0.1, -0.05) is 6.92 Å². The van der Waals surface area contributed by atoms with Crippen LogP contribution in [0.1, 0.15) is 23.0 Å². The summed E-state index contributed by atoms with van der Waals surface area (Å²) in [7, 11) is 0. The fourth-order valence-electron chi connectivity index (χ4n) is 0.721. The van der Waals surface area contributed by atoms with E-state index >= 15 is 0 Å². The summed E-state index contributed by atoms with van der Waals surface area (Å²) in [5.41, 5.74) is 6.19. The Morgan fingerprint density at radius 2 is 2.45 bits per heavy atom. The van der Waals surface area contributed by atoms with Crippen LogP contribution in [0.3, 0.4) is 0 Å². The number of nitrogens with two attached hydrogens (primary N) is 1. The van der Waals surface area contributed by atoms with Crippen molar-refractivity contribution < 1.29 is 4.79 Å². The highest BCUT2D eigenvalue weighted by Crippen LogP contribution is 1.98. The van der Waals surface area contributed by atoms with Crippen LogP contribution in [-0.2, 0) is 6.42 Å². The summed E-state index contributed by atoms with van der Waals surface area (Å²) >= 11 is 0. The molecular weight excluding hydrogens is 142 g/mol. The molecule has 1 aromatic rings. The molecule has 0 aliphatic heterocycles. The summed E-state index contributed by atoms with van der Waals surface area (Å²) in [4.78, 5) is 10.6. The standard InChI is InChI=1S/C7H9N3O/c1-2-5-3-6(7(8)11)10-9-4-5/h3-4H,2H2,1H3,(H2,8,11). The quantitative estimate of drug-likeness (QED) is 0.653. The highest BCUT2D eigenvalue weighted by molar-refractivity contribution is 5.90. The van der Waals surface area contributed by atoms with Crippen molar-refractivity contribution in [3.8, 4) is 0 Å². The van der Waals surface area contributed by atoms with Gasteiger partial charge in [0.15, 0.2) is 5.69 Å². The van der Waals surface area contributed by atoms with Crippen molar-refractivity contribution in [2.45, 2.75) is 13.3 Å². The zero-order valence-corrected chi connectivity index (χ0v) is 6.24. The van der Waals surface area contributed by atoms with Gasteiger partial charge < -0.3 is 5.73 Å². The van der Waals surface area contributed by atoms with Gasteiger partial charge in [0.05, 0.1) is 6.20 Å². The van der Waals surface area contributed by atoms with Gasteiger partial charge in [-0.25, -0.2) is 0 Å². The van der Waals surface area contributed by atoms with Crippen molar-refractivity contribution in [1.82, 2.24) is 10.2 Å². The molecule has 0 fully saturated rings. The molecule has 4 heteroatoms. The number of rotatable bonds is 2. The lowest BCUT2D eigenvalue weighted by molar-refractivity contribution is 0.0994. The Kier molecular flexibility index (Phi) is 2.15. The van der Waals surface area contributed by atoms with Crippen LogP contribution in [0.4, 0.5) is 0 Å². The van der Waals surface area contributed by atoms with E-state index in [4.69, 9.17) is 5.73 Å². The third kappa shape index (κ3) is 1.73. The van der Waals surface area contributed by atoms with E-state index in [2.05, 4.69) is 10.2 Å². The van der Waals surface area contributed by atoms with E-state index in [0.717, 1.165) is 12.0 Å². The average molecular weight is 151 g/mol. The van der Waals surface area contributed by atoms with E-state index in [1.54, 1.807) is 12.3 Å². The Hall–Kier alpha value is -1.45.